The molecule has 0 fully saturated rings. The standard InChI is InChI=1S/C10H14S2/c1-9-5-2-3-6-10(9)12-8-4-7-11/h2-3,5-6,11H,4,7-8H2,1H3. The van der Waals surface area contributed by atoms with Crippen LogP contribution in [-0.2, 0) is 0 Å². The van der Waals surface area contributed by atoms with Crippen LogP contribution in [0.4, 0.5) is 0 Å². The van der Waals surface area contributed by atoms with E-state index < -0.39 is 0 Å². The highest BCUT2D eigenvalue weighted by Gasteiger charge is 1.95. The van der Waals surface area contributed by atoms with Crippen molar-refractivity contribution in [2.75, 3.05) is 11.5 Å². The molecule has 1 rings (SSSR count). The second kappa shape index (κ2) is 5.55. The molecule has 1 aromatic rings. The van der Waals surface area contributed by atoms with Crippen LogP contribution >= 0.6 is 24.4 Å². The first-order valence-corrected chi connectivity index (χ1v) is 5.75. The quantitative estimate of drug-likeness (QED) is 0.439. The van der Waals surface area contributed by atoms with Crippen LogP contribution in [0.15, 0.2) is 29.2 Å². The smallest absolute Gasteiger partial charge is 0.0101 e. The van der Waals surface area contributed by atoms with E-state index in [0.29, 0.717) is 0 Å². The number of thioether (sulfide) groups is 1. The molecule has 0 aliphatic rings. The van der Waals surface area contributed by atoms with Crippen molar-refractivity contribution in [2.45, 2.75) is 18.2 Å². The number of rotatable bonds is 4. The highest BCUT2D eigenvalue weighted by atomic mass is 32.2. The number of hydrogen-bond donors (Lipinski definition) is 1. The summed E-state index contributed by atoms with van der Waals surface area (Å²) < 4.78 is 0. The van der Waals surface area contributed by atoms with Gasteiger partial charge in [-0.1, -0.05) is 18.2 Å². The summed E-state index contributed by atoms with van der Waals surface area (Å²) in [6.07, 6.45) is 1.18. The largest absolute Gasteiger partial charge is 0.179 e. The highest BCUT2D eigenvalue weighted by molar-refractivity contribution is 7.99. The molecule has 0 saturated carbocycles. The van der Waals surface area contributed by atoms with Crippen molar-refractivity contribution in [2.24, 2.45) is 0 Å². The molecule has 0 atom stereocenters. The molecule has 0 nitrogen and oxygen atoms in total. The van der Waals surface area contributed by atoms with Gasteiger partial charge >= 0.3 is 0 Å². The Morgan fingerprint density at radius 2 is 2.08 bits per heavy atom. The Balaban J connectivity index is 2.46. The van der Waals surface area contributed by atoms with Crippen molar-refractivity contribution < 1.29 is 0 Å². The average Bonchev–Trinajstić information content (AvgIpc) is 2.09. The van der Waals surface area contributed by atoms with Gasteiger partial charge in [-0.3, -0.25) is 0 Å². The van der Waals surface area contributed by atoms with E-state index in [1.165, 1.54) is 22.6 Å². The lowest BCUT2D eigenvalue weighted by Crippen LogP contribution is -1.83. The zero-order chi connectivity index (χ0) is 8.81. The maximum Gasteiger partial charge on any atom is 0.0101 e. The fourth-order valence-corrected chi connectivity index (χ4v) is 2.32. The van der Waals surface area contributed by atoms with Gasteiger partial charge < -0.3 is 0 Å². The Hall–Kier alpha value is -0.0800. The summed E-state index contributed by atoms with van der Waals surface area (Å²) in [5.41, 5.74) is 1.38. The van der Waals surface area contributed by atoms with E-state index in [1.807, 2.05) is 11.8 Å². The molecule has 0 heterocycles. The third-order valence-corrected chi connectivity index (χ3v) is 3.23. The molecule has 12 heavy (non-hydrogen) atoms. The lowest BCUT2D eigenvalue weighted by atomic mass is 10.2. The van der Waals surface area contributed by atoms with Crippen molar-refractivity contribution in [1.29, 1.82) is 0 Å². The van der Waals surface area contributed by atoms with Gasteiger partial charge in [0.2, 0.25) is 0 Å². The monoisotopic (exact) mass is 198 g/mol. The van der Waals surface area contributed by atoms with E-state index in [2.05, 4.69) is 43.8 Å². The summed E-state index contributed by atoms with van der Waals surface area (Å²) in [6.45, 7) is 2.16. The first kappa shape index (κ1) is 10.0. The SMILES string of the molecule is Cc1ccccc1SCCCS. The van der Waals surface area contributed by atoms with Crippen LogP contribution < -0.4 is 0 Å². The molecule has 0 aliphatic heterocycles. The van der Waals surface area contributed by atoms with Gasteiger partial charge in [0.15, 0.2) is 0 Å². The molecule has 0 bridgehead atoms. The number of hydrogen-bond acceptors (Lipinski definition) is 2. The van der Waals surface area contributed by atoms with Crippen molar-refractivity contribution in [3.05, 3.63) is 29.8 Å². The van der Waals surface area contributed by atoms with Gasteiger partial charge in [0.05, 0.1) is 0 Å². The number of aryl methyl sites for hydroxylation is 1. The van der Waals surface area contributed by atoms with Crippen LogP contribution in [0.1, 0.15) is 12.0 Å². The van der Waals surface area contributed by atoms with Gasteiger partial charge in [0, 0.05) is 4.90 Å². The van der Waals surface area contributed by atoms with Crippen LogP contribution in [0.5, 0.6) is 0 Å². The predicted octanol–water partition coefficient (Wildman–Crippen LogP) is 3.41. The zero-order valence-corrected chi connectivity index (χ0v) is 9.00. The lowest BCUT2D eigenvalue weighted by molar-refractivity contribution is 1.12. The van der Waals surface area contributed by atoms with E-state index in [0.717, 1.165) is 5.75 Å². The molecule has 0 N–H and O–H groups in total. The third-order valence-electron chi connectivity index (χ3n) is 1.65. The fraction of sp³-hybridized carbons (Fsp3) is 0.400. The molecule has 0 amide bonds. The minimum absolute atomic E-state index is 0.985. The zero-order valence-electron chi connectivity index (χ0n) is 7.29. The maximum absolute atomic E-state index is 4.18. The Morgan fingerprint density at radius 3 is 2.75 bits per heavy atom. The highest BCUT2D eigenvalue weighted by Crippen LogP contribution is 2.22. The lowest BCUT2D eigenvalue weighted by Gasteiger charge is -2.03. The van der Waals surface area contributed by atoms with Crippen LogP contribution in [0, 0.1) is 6.92 Å². The molecule has 66 valence electrons. The predicted molar refractivity (Wildman–Crippen MR) is 60.4 cm³/mol. The summed E-state index contributed by atoms with van der Waals surface area (Å²) in [5.74, 6) is 2.16. The summed E-state index contributed by atoms with van der Waals surface area (Å²) >= 11 is 6.10. The van der Waals surface area contributed by atoms with Crippen LogP contribution in [0.2, 0.25) is 0 Å². The first-order valence-electron chi connectivity index (χ1n) is 4.14. The minimum atomic E-state index is 0.985. The van der Waals surface area contributed by atoms with E-state index in [9.17, 15) is 0 Å². The molecule has 0 unspecified atom stereocenters. The van der Waals surface area contributed by atoms with Gasteiger partial charge in [-0.2, -0.15) is 12.6 Å². The van der Waals surface area contributed by atoms with E-state index >= 15 is 0 Å². The Morgan fingerprint density at radius 1 is 1.33 bits per heavy atom. The molecule has 1 aromatic carbocycles. The number of thiol groups is 1. The summed E-state index contributed by atoms with van der Waals surface area (Å²) in [4.78, 5) is 1.40. The second-order valence-corrected chi connectivity index (χ2v) is 4.28. The van der Waals surface area contributed by atoms with E-state index in [-0.39, 0.29) is 0 Å². The molecule has 0 saturated heterocycles. The first-order chi connectivity index (χ1) is 5.84. The Kier molecular flexibility index (Phi) is 4.62. The van der Waals surface area contributed by atoms with E-state index in [4.69, 9.17) is 0 Å². The Labute approximate surface area is 84.2 Å². The van der Waals surface area contributed by atoms with Crippen molar-refractivity contribution in [3.63, 3.8) is 0 Å². The van der Waals surface area contributed by atoms with Gasteiger partial charge in [-0.25, -0.2) is 0 Å². The third kappa shape index (κ3) is 3.11. The van der Waals surface area contributed by atoms with Gasteiger partial charge in [0.25, 0.3) is 0 Å². The average molecular weight is 198 g/mol. The van der Waals surface area contributed by atoms with Gasteiger partial charge in [-0.15, -0.1) is 11.8 Å². The molecule has 0 aromatic heterocycles. The second-order valence-electron chi connectivity index (χ2n) is 2.69. The van der Waals surface area contributed by atoms with Crippen molar-refractivity contribution in [3.8, 4) is 0 Å². The summed E-state index contributed by atoms with van der Waals surface area (Å²) in [6, 6.07) is 8.51. The maximum atomic E-state index is 4.18. The molecule has 0 aliphatic carbocycles. The summed E-state index contributed by atoms with van der Waals surface area (Å²) in [7, 11) is 0. The van der Waals surface area contributed by atoms with E-state index in [1.54, 1.807) is 0 Å². The topological polar surface area (TPSA) is 0 Å². The van der Waals surface area contributed by atoms with Crippen LogP contribution in [-0.4, -0.2) is 11.5 Å². The van der Waals surface area contributed by atoms with Crippen LogP contribution in [0.3, 0.4) is 0 Å². The van der Waals surface area contributed by atoms with Gasteiger partial charge in [0.1, 0.15) is 0 Å². The van der Waals surface area contributed by atoms with Gasteiger partial charge in [-0.05, 0) is 36.5 Å². The Bertz CT molecular complexity index is 233. The van der Waals surface area contributed by atoms with Crippen LogP contribution in [0.25, 0.3) is 0 Å². The number of benzene rings is 1. The summed E-state index contributed by atoms with van der Waals surface area (Å²) in [5, 5.41) is 0. The molecular formula is C10H14S2. The van der Waals surface area contributed by atoms with Crippen molar-refractivity contribution >= 4 is 24.4 Å². The molecule has 0 radical (unpaired) electrons. The molecular weight excluding hydrogens is 184 g/mol. The molecule has 0 spiro atoms. The fourth-order valence-electron chi connectivity index (χ4n) is 0.965. The normalized spacial score (nSPS) is 10.2. The molecule has 2 heteroatoms. The van der Waals surface area contributed by atoms with Crippen molar-refractivity contribution in [1.82, 2.24) is 0 Å². The minimum Gasteiger partial charge on any atom is -0.179 e.